The van der Waals surface area contributed by atoms with Gasteiger partial charge in [0.05, 0.1) is 33.8 Å². The SMILES string of the molecule is c1ccc2c(c1)Oc1cc3c4c5c1B2c1ccccc1N5c1ccccc1N4B1c2ccccc2N2c4ccccc4B4c5ccccc5-n5c6ccccc6c6c-3c1c2c4c65. The normalized spacial score (nSPS) is 15.0. The van der Waals surface area contributed by atoms with Crippen LogP contribution in [-0.2, 0) is 0 Å². The molecule has 0 radical (unpaired) electrons. The van der Waals surface area contributed by atoms with Crippen LogP contribution in [0.1, 0.15) is 0 Å². The lowest BCUT2D eigenvalue weighted by Crippen LogP contribution is -2.69. The molecular formula is C54H29B3N4O. The first-order valence-corrected chi connectivity index (χ1v) is 21.8. The molecule has 62 heavy (non-hydrogen) atoms. The van der Waals surface area contributed by atoms with Crippen molar-refractivity contribution in [1.82, 2.24) is 4.57 Å². The van der Waals surface area contributed by atoms with Crippen molar-refractivity contribution in [1.29, 1.82) is 0 Å². The molecule has 0 aliphatic carbocycles. The van der Waals surface area contributed by atoms with E-state index < -0.39 is 0 Å². The Morgan fingerprint density at radius 1 is 0.403 bits per heavy atom. The maximum atomic E-state index is 7.21. The minimum atomic E-state index is -0.101. The number of fused-ring (bicyclic) bond motifs is 23. The number of aromatic nitrogens is 1. The average Bonchev–Trinajstić information content (AvgIpc) is 3.68. The molecule has 7 aliphatic rings. The molecule has 0 spiro atoms. The number of rotatable bonds is 0. The van der Waals surface area contributed by atoms with Gasteiger partial charge in [-0.3, -0.25) is 0 Å². The molecule has 0 N–H and O–H groups in total. The van der Waals surface area contributed by atoms with Gasteiger partial charge >= 0.3 is 6.85 Å². The number of ether oxygens (including phenoxy) is 1. The summed E-state index contributed by atoms with van der Waals surface area (Å²) < 4.78 is 9.81. The van der Waals surface area contributed by atoms with Crippen molar-refractivity contribution < 1.29 is 4.74 Å². The third-order valence-electron chi connectivity index (χ3n) is 15.3. The minimum absolute atomic E-state index is 0.0233. The number of benzene rings is 9. The fourth-order valence-corrected chi connectivity index (χ4v) is 13.3. The fraction of sp³-hybridized carbons (Fsp3) is 0. The highest BCUT2D eigenvalue weighted by Gasteiger charge is 2.56. The van der Waals surface area contributed by atoms with Crippen LogP contribution in [0.15, 0.2) is 176 Å². The lowest BCUT2D eigenvalue weighted by atomic mass is 9.31. The van der Waals surface area contributed by atoms with Gasteiger partial charge < -0.3 is 23.9 Å². The molecule has 0 atom stereocenters. The summed E-state index contributed by atoms with van der Waals surface area (Å²) in [6.45, 7) is -0.0116. The van der Waals surface area contributed by atoms with Crippen LogP contribution in [0.2, 0.25) is 0 Å². The third kappa shape index (κ3) is 3.25. The van der Waals surface area contributed by atoms with E-state index in [9.17, 15) is 0 Å². The molecule has 0 saturated carbocycles. The second kappa shape index (κ2) is 10.4. The Morgan fingerprint density at radius 2 is 0.952 bits per heavy atom. The van der Waals surface area contributed by atoms with Crippen molar-refractivity contribution in [3.63, 3.8) is 0 Å². The van der Waals surface area contributed by atoms with E-state index in [1.54, 1.807) is 0 Å². The molecule has 8 heterocycles. The number of anilines is 8. The van der Waals surface area contributed by atoms with Gasteiger partial charge in [-0.1, -0.05) is 121 Å². The molecule has 1 aromatic heterocycles. The first kappa shape index (κ1) is 31.1. The summed E-state index contributed by atoms with van der Waals surface area (Å²) in [5.74, 6) is 1.87. The summed E-state index contributed by atoms with van der Waals surface area (Å²) in [6.07, 6.45) is 0. The minimum Gasteiger partial charge on any atom is -0.458 e. The molecule has 0 amide bonds. The predicted octanol–water partition coefficient (Wildman–Crippen LogP) is 7.35. The van der Waals surface area contributed by atoms with Crippen LogP contribution in [0.5, 0.6) is 11.5 Å². The standard InChI is InChI=1S/C54H29B3N4O/c1-7-21-37-30(15-1)47-46-31-29-45-48-54-51(31)61(43-27-13-12-26-42(43)60(54)40-24-10-4-18-34(40)56(48)36-20-6-14-28-44(36)62-45)57-35-19-5-11-25-41(35)59-39-23-9-3-17-33(39)55-32-16-2-8-22-38(32)58(37)52(47)50(55)53(59)49(46)57/h1-29H. The Kier molecular flexibility index (Phi) is 5.20. The maximum Gasteiger partial charge on any atom is 0.333 e. The highest BCUT2D eigenvalue weighted by molar-refractivity contribution is 7.03. The Bertz CT molecular complexity index is 3820. The molecule has 9 aromatic carbocycles. The average molecular weight is 782 g/mol. The van der Waals surface area contributed by atoms with Crippen molar-refractivity contribution >= 4 is 131 Å². The molecule has 5 nitrogen and oxygen atoms in total. The van der Waals surface area contributed by atoms with E-state index in [1.165, 1.54) is 128 Å². The van der Waals surface area contributed by atoms with E-state index in [0.717, 1.165) is 11.5 Å². The molecule has 0 fully saturated rings. The summed E-state index contributed by atoms with van der Waals surface area (Å²) in [5.41, 5.74) is 26.9. The molecule has 7 aliphatic heterocycles. The predicted molar refractivity (Wildman–Crippen MR) is 259 cm³/mol. The summed E-state index contributed by atoms with van der Waals surface area (Å²) in [4.78, 5) is 7.94. The van der Waals surface area contributed by atoms with Crippen molar-refractivity contribution in [3.05, 3.63) is 176 Å². The van der Waals surface area contributed by atoms with Gasteiger partial charge in [0.15, 0.2) is 0 Å². The number of hydrogen-bond acceptors (Lipinski definition) is 4. The van der Waals surface area contributed by atoms with E-state index in [-0.39, 0.29) is 20.3 Å². The molecule has 0 bridgehead atoms. The maximum absolute atomic E-state index is 7.21. The lowest BCUT2D eigenvalue weighted by molar-refractivity contribution is 0.488. The zero-order valence-electron chi connectivity index (χ0n) is 33.2. The van der Waals surface area contributed by atoms with Gasteiger partial charge in [-0.25, -0.2) is 0 Å². The Hall–Kier alpha value is -7.83. The molecule has 17 rings (SSSR count). The zero-order valence-corrected chi connectivity index (χ0v) is 33.2. The van der Waals surface area contributed by atoms with Gasteiger partial charge in [0.1, 0.15) is 11.5 Å². The van der Waals surface area contributed by atoms with E-state index in [2.05, 4.69) is 195 Å². The first-order chi connectivity index (χ1) is 30.8. The smallest absolute Gasteiger partial charge is 0.333 e. The topological polar surface area (TPSA) is 23.9 Å². The van der Waals surface area contributed by atoms with Crippen LogP contribution >= 0.6 is 0 Å². The number of nitrogens with zero attached hydrogens (tertiary/aromatic N) is 4. The second-order valence-corrected chi connectivity index (χ2v) is 17.8. The Labute approximate surface area is 357 Å². The van der Waals surface area contributed by atoms with Crippen LogP contribution in [0.4, 0.5) is 45.5 Å². The van der Waals surface area contributed by atoms with E-state index in [0.29, 0.717) is 0 Å². The lowest BCUT2D eigenvalue weighted by Gasteiger charge is -2.54. The summed E-state index contributed by atoms with van der Waals surface area (Å²) in [7, 11) is 0. The highest BCUT2D eigenvalue weighted by Crippen LogP contribution is 2.61. The van der Waals surface area contributed by atoms with Gasteiger partial charge in [0.25, 0.3) is 13.4 Å². The Balaban J connectivity index is 1.14. The fourth-order valence-electron chi connectivity index (χ4n) is 13.3. The van der Waals surface area contributed by atoms with Crippen molar-refractivity contribution in [3.8, 4) is 28.3 Å². The quantitative estimate of drug-likeness (QED) is 0.150. The monoisotopic (exact) mass is 782 g/mol. The van der Waals surface area contributed by atoms with Gasteiger partial charge in [-0.05, 0) is 104 Å². The van der Waals surface area contributed by atoms with Crippen LogP contribution in [0.3, 0.4) is 0 Å². The van der Waals surface area contributed by atoms with Crippen LogP contribution in [0.25, 0.3) is 38.6 Å². The Morgan fingerprint density at radius 3 is 1.71 bits per heavy atom. The summed E-state index contributed by atoms with van der Waals surface area (Å²) >= 11 is 0. The second-order valence-electron chi connectivity index (χ2n) is 17.8. The largest absolute Gasteiger partial charge is 0.458 e. The van der Waals surface area contributed by atoms with Gasteiger partial charge in [0, 0.05) is 44.8 Å². The molecule has 0 unspecified atom stereocenters. The van der Waals surface area contributed by atoms with E-state index >= 15 is 0 Å². The number of para-hydroxylation sites is 8. The molecule has 280 valence electrons. The van der Waals surface area contributed by atoms with Gasteiger partial charge in [-0.2, -0.15) is 0 Å². The van der Waals surface area contributed by atoms with Crippen LogP contribution in [-0.4, -0.2) is 24.8 Å². The highest BCUT2D eigenvalue weighted by atomic mass is 16.5. The molecule has 0 saturated heterocycles. The van der Waals surface area contributed by atoms with Crippen molar-refractivity contribution in [2.75, 3.05) is 14.6 Å². The zero-order chi connectivity index (χ0) is 39.7. The number of hydrogen-bond donors (Lipinski definition) is 0. The van der Waals surface area contributed by atoms with Crippen LogP contribution in [0, 0.1) is 0 Å². The van der Waals surface area contributed by atoms with Gasteiger partial charge in [-0.15, -0.1) is 0 Å². The molecule has 8 heteroatoms. The van der Waals surface area contributed by atoms with Gasteiger partial charge in [0.2, 0.25) is 0 Å². The first-order valence-electron chi connectivity index (χ1n) is 21.8. The third-order valence-corrected chi connectivity index (χ3v) is 15.3. The van der Waals surface area contributed by atoms with E-state index in [1.807, 2.05) is 0 Å². The van der Waals surface area contributed by atoms with E-state index in [4.69, 9.17) is 4.74 Å². The van der Waals surface area contributed by atoms with Crippen molar-refractivity contribution in [2.45, 2.75) is 0 Å². The van der Waals surface area contributed by atoms with Crippen LogP contribution < -0.4 is 63.1 Å². The van der Waals surface area contributed by atoms with Crippen molar-refractivity contribution in [2.24, 2.45) is 0 Å². The molecule has 10 aromatic rings. The summed E-state index contributed by atoms with van der Waals surface area (Å²) in [5, 5.41) is 2.61. The molecular weight excluding hydrogens is 753 g/mol. The summed E-state index contributed by atoms with van der Waals surface area (Å²) in [6, 6.07) is 66.1.